The molecule has 3 heterocycles. The molecule has 4 nitrogen and oxygen atoms in total. The topological polar surface area (TPSA) is 52.7 Å². The van der Waals surface area contributed by atoms with Crippen LogP contribution in [-0.2, 0) is 0 Å². The Balaban J connectivity index is 1.73. The molecular formula is C11H13BrN4S. The van der Waals surface area contributed by atoms with E-state index < -0.39 is 0 Å². The first-order valence-corrected chi connectivity index (χ1v) is 7.25. The molecule has 3 N–H and O–H groups in total. The van der Waals surface area contributed by atoms with Crippen LogP contribution < -0.4 is 10.6 Å². The van der Waals surface area contributed by atoms with E-state index in [9.17, 15) is 0 Å². The Morgan fingerprint density at radius 3 is 3.12 bits per heavy atom. The van der Waals surface area contributed by atoms with Crippen LogP contribution in [-0.4, -0.2) is 29.3 Å². The average molecular weight is 313 g/mol. The van der Waals surface area contributed by atoms with Crippen molar-refractivity contribution < 1.29 is 0 Å². The van der Waals surface area contributed by atoms with E-state index in [-0.39, 0.29) is 0 Å². The van der Waals surface area contributed by atoms with Crippen molar-refractivity contribution >= 4 is 33.1 Å². The van der Waals surface area contributed by atoms with Crippen LogP contribution in [0.25, 0.3) is 10.6 Å². The third-order valence-electron chi connectivity index (χ3n) is 2.82. The summed E-state index contributed by atoms with van der Waals surface area (Å²) in [4.78, 5) is 1.20. The molecule has 0 spiro atoms. The minimum Gasteiger partial charge on any atom is -0.365 e. The smallest absolute Gasteiger partial charge is 0.148 e. The molecule has 1 fully saturated rings. The highest BCUT2D eigenvalue weighted by atomic mass is 79.9. The number of hydrogen-bond donors (Lipinski definition) is 3. The fourth-order valence-corrected chi connectivity index (χ4v) is 3.36. The van der Waals surface area contributed by atoms with Crippen LogP contribution in [0.4, 0.5) is 5.82 Å². The van der Waals surface area contributed by atoms with Crippen LogP contribution in [0.15, 0.2) is 22.0 Å². The molecule has 1 atom stereocenters. The lowest BCUT2D eigenvalue weighted by Gasteiger charge is -2.08. The summed E-state index contributed by atoms with van der Waals surface area (Å²) in [6.07, 6.45) is 1.16. The van der Waals surface area contributed by atoms with Gasteiger partial charge in [-0.1, -0.05) is 0 Å². The van der Waals surface area contributed by atoms with Gasteiger partial charge in [0, 0.05) is 28.5 Å². The van der Waals surface area contributed by atoms with Gasteiger partial charge >= 0.3 is 0 Å². The van der Waals surface area contributed by atoms with E-state index in [1.165, 1.54) is 4.88 Å². The summed E-state index contributed by atoms with van der Waals surface area (Å²) in [6, 6.07) is 4.66. The number of nitrogens with zero attached hydrogens (tertiary/aromatic N) is 1. The van der Waals surface area contributed by atoms with Crippen molar-refractivity contribution in [3.8, 4) is 10.6 Å². The minimum absolute atomic E-state index is 0.501. The zero-order chi connectivity index (χ0) is 11.7. The first-order chi connectivity index (χ1) is 8.31. The lowest BCUT2D eigenvalue weighted by atomic mass is 10.2. The van der Waals surface area contributed by atoms with Crippen LogP contribution in [0.1, 0.15) is 6.42 Å². The maximum atomic E-state index is 4.29. The highest BCUT2D eigenvalue weighted by Gasteiger charge is 2.15. The van der Waals surface area contributed by atoms with Gasteiger partial charge in [0.25, 0.3) is 0 Å². The second-order valence-corrected chi connectivity index (χ2v) is 5.96. The Morgan fingerprint density at radius 1 is 1.47 bits per heavy atom. The molecule has 0 amide bonds. The van der Waals surface area contributed by atoms with E-state index in [0.29, 0.717) is 6.04 Å². The Morgan fingerprint density at radius 2 is 2.41 bits per heavy atom. The van der Waals surface area contributed by atoms with Gasteiger partial charge in [-0.05, 0) is 35.0 Å². The van der Waals surface area contributed by atoms with E-state index in [4.69, 9.17) is 0 Å². The minimum atomic E-state index is 0.501. The molecule has 2 aromatic rings. The van der Waals surface area contributed by atoms with Gasteiger partial charge in [0.05, 0.1) is 10.6 Å². The van der Waals surface area contributed by atoms with Gasteiger partial charge in [0.2, 0.25) is 0 Å². The highest BCUT2D eigenvalue weighted by molar-refractivity contribution is 9.10. The van der Waals surface area contributed by atoms with E-state index in [2.05, 4.69) is 54.3 Å². The number of rotatable bonds is 3. The van der Waals surface area contributed by atoms with Gasteiger partial charge < -0.3 is 10.6 Å². The molecule has 0 aliphatic carbocycles. The third kappa shape index (κ3) is 2.53. The predicted octanol–water partition coefficient (Wildman–Crippen LogP) is 2.67. The number of anilines is 1. The summed E-state index contributed by atoms with van der Waals surface area (Å²) in [5.74, 6) is 0.929. The maximum absolute atomic E-state index is 4.29. The van der Waals surface area contributed by atoms with E-state index in [1.807, 2.05) is 0 Å². The summed E-state index contributed by atoms with van der Waals surface area (Å²) >= 11 is 5.16. The zero-order valence-corrected chi connectivity index (χ0v) is 11.6. The standard InChI is InChI=1S/C11H13BrN4S/c12-7-3-10(17-6-7)9-4-11(16-15-9)14-8-1-2-13-5-8/h3-4,6,8,13H,1-2,5H2,(H2,14,15,16). The molecule has 1 unspecified atom stereocenters. The Labute approximate surface area is 112 Å². The summed E-state index contributed by atoms with van der Waals surface area (Å²) in [5.41, 5.74) is 1.06. The number of aromatic nitrogens is 2. The molecule has 0 radical (unpaired) electrons. The van der Waals surface area contributed by atoms with Gasteiger partial charge in [0.15, 0.2) is 0 Å². The van der Waals surface area contributed by atoms with Crippen LogP contribution >= 0.6 is 27.3 Å². The number of halogens is 1. The van der Waals surface area contributed by atoms with Crippen molar-refractivity contribution in [3.63, 3.8) is 0 Å². The lowest BCUT2D eigenvalue weighted by molar-refractivity contribution is 0.786. The Kier molecular flexibility index (Phi) is 3.17. The summed E-state index contributed by atoms with van der Waals surface area (Å²) < 4.78 is 1.11. The van der Waals surface area contributed by atoms with E-state index >= 15 is 0 Å². The van der Waals surface area contributed by atoms with Crippen LogP contribution in [0, 0.1) is 0 Å². The summed E-state index contributed by atoms with van der Waals surface area (Å²) in [7, 11) is 0. The molecule has 17 heavy (non-hydrogen) atoms. The second kappa shape index (κ2) is 4.80. The van der Waals surface area contributed by atoms with Crippen LogP contribution in [0.5, 0.6) is 0 Å². The van der Waals surface area contributed by atoms with Gasteiger partial charge in [-0.2, -0.15) is 5.10 Å². The molecule has 1 aliphatic rings. The normalized spacial score (nSPS) is 19.7. The average Bonchev–Trinajstić information content (AvgIpc) is 2.99. The number of nitrogens with one attached hydrogen (secondary N) is 3. The third-order valence-corrected chi connectivity index (χ3v) is 4.55. The van der Waals surface area contributed by atoms with E-state index in [0.717, 1.165) is 35.5 Å². The van der Waals surface area contributed by atoms with Crippen molar-refractivity contribution in [1.82, 2.24) is 15.5 Å². The predicted molar refractivity (Wildman–Crippen MR) is 74.5 cm³/mol. The summed E-state index contributed by atoms with van der Waals surface area (Å²) in [5, 5.41) is 16.2. The van der Waals surface area contributed by atoms with Gasteiger partial charge in [0.1, 0.15) is 5.82 Å². The molecule has 0 bridgehead atoms. The molecule has 0 aromatic carbocycles. The Hall–Kier alpha value is -0.850. The highest BCUT2D eigenvalue weighted by Crippen LogP contribution is 2.29. The Bertz CT molecular complexity index is 501. The SMILES string of the molecule is Brc1csc(-c2cc(NC3CCNC3)n[nH]2)c1. The van der Waals surface area contributed by atoms with Gasteiger partial charge in [-0.25, -0.2) is 0 Å². The quantitative estimate of drug-likeness (QED) is 0.816. The van der Waals surface area contributed by atoms with Crippen molar-refractivity contribution in [2.45, 2.75) is 12.5 Å². The van der Waals surface area contributed by atoms with Crippen LogP contribution in [0.2, 0.25) is 0 Å². The number of thiophene rings is 1. The molecular weight excluding hydrogens is 300 g/mol. The number of hydrogen-bond acceptors (Lipinski definition) is 4. The molecule has 2 aromatic heterocycles. The lowest BCUT2D eigenvalue weighted by Crippen LogP contribution is -2.22. The molecule has 0 saturated carbocycles. The molecule has 1 aliphatic heterocycles. The zero-order valence-electron chi connectivity index (χ0n) is 9.16. The molecule has 90 valence electrons. The van der Waals surface area contributed by atoms with Crippen molar-refractivity contribution in [2.24, 2.45) is 0 Å². The van der Waals surface area contributed by atoms with Gasteiger partial charge in [-0.15, -0.1) is 11.3 Å². The first-order valence-electron chi connectivity index (χ1n) is 5.58. The monoisotopic (exact) mass is 312 g/mol. The molecule has 1 saturated heterocycles. The molecule has 6 heteroatoms. The maximum Gasteiger partial charge on any atom is 0.148 e. The van der Waals surface area contributed by atoms with Gasteiger partial charge in [-0.3, -0.25) is 5.10 Å². The first kappa shape index (κ1) is 11.3. The van der Waals surface area contributed by atoms with Crippen molar-refractivity contribution in [2.75, 3.05) is 18.4 Å². The number of aromatic amines is 1. The van der Waals surface area contributed by atoms with Crippen LogP contribution in [0.3, 0.4) is 0 Å². The fourth-order valence-electron chi connectivity index (χ4n) is 1.96. The van der Waals surface area contributed by atoms with Crippen molar-refractivity contribution in [1.29, 1.82) is 0 Å². The van der Waals surface area contributed by atoms with E-state index in [1.54, 1.807) is 11.3 Å². The fraction of sp³-hybridized carbons (Fsp3) is 0.364. The molecule has 3 rings (SSSR count). The summed E-state index contributed by atoms with van der Waals surface area (Å²) in [6.45, 7) is 2.11. The van der Waals surface area contributed by atoms with Crippen molar-refractivity contribution in [3.05, 3.63) is 22.0 Å². The number of H-pyrrole nitrogens is 1. The largest absolute Gasteiger partial charge is 0.365 e. The second-order valence-electron chi connectivity index (χ2n) is 4.13.